The number of aromatic nitrogens is 2. The van der Waals surface area contributed by atoms with Crippen molar-refractivity contribution < 1.29 is 18.4 Å². The molecule has 2 aromatic carbocycles. The van der Waals surface area contributed by atoms with E-state index >= 15 is 0 Å². The van der Waals surface area contributed by atoms with E-state index < -0.39 is 11.6 Å². The van der Waals surface area contributed by atoms with Gasteiger partial charge in [-0.05, 0) is 42.3 Å². The smallest absolute Gasteiger partial charge is 0.126 e. The number of nitrogen functional groups attached to an aromatic ring is 1. The van der Waals surface area contributed by atoms with Crippen LogP contribution < -0.4 is 16.0 Å². The van der Waals surface area contributed by atoms with Gasteiger partial charge in [-0.3, -0.25) is 9.97 Å². The van der Waals surface area contributed by atoms with E-state index in [0.29, 0.717) is 41.2 Å². The van der Waals surface area contributed by atoms with Crippen molar-refractivity contribution in [3.05, 3.63) is 72.1 Å². The summed E-state index contributed by atoms with van der Waals surface area (Å²) in [6.45, 7) is 2.86. The summed E-state index contributed by atoms with van der Waals surface area (Å²) >= 11 is 0. The summed E-state index contributed by atoms with van der Waals surface area (Å²) < 4.78 is 34.8. The predicted octanol–water partition coefficient (Wildman–Crippen LogP) is 4.37. The van der Waals surface area contributed by atoms with Crippen molar-refractivity contribution in [3.63, 3.8) is 0 Å². The van der Waals surface area contributed by atoms with Gasteiger partial charge >= 0.3 is 0 Å². The molecule has 0 bridgehead atoms. The summed E-state index contributed by atoms with van der Waals surface area (Å²) in [6, 6.07) is 11.4. The predicted molar refractivity (Wildman–Crippen MR) is 148 cm³/mol. The summed E-state index contributed by atoms with van der Waals surface area (Å²) in [5.41, 5.74) is 11.6. The van der Waals surface area contributed by atoms with Crippen LogP contribution in [0.5, 0.6) is 0 Å². The Hall–Kier alpha value is -4.15. The maximum atomic E-state index is 14.3. The molecule has 4 heterocycles. The average Bonchev–Trinajstić information content (AvgIpc) is 2.95. The number of benzene rings is 2. The molecular weight excluding hydrogens is 502 g/mol. The second-order valence-electron chi connectivity index (χ2n) is 9.69. The summed E-state index contributed by atoms with van der Waals surface area (Å²) in [5.74, 6) is -1.29. The van der Waals surface area contributed by atoms with Gasteiger partial charge in [0.2, 0.25) is 0 Å². The van der Waals surface area contributed by atoms with E-state index in [0.717, 1.165) is 47.7 Å². The minimum atomic E-state index is -0.644. The van der Waals surface area contributed by atoms with Gasteiger partial charge < -0.3 is 25.5 Å². The molecule has 0 spiro atoms. The molecule has 4 aromatic rings. The summed E-state index contributed by atoms with van der Waals surface area (Å²) in [7, 11) is 1.46. The van der Waals surface area contributed by atoms with Gasteiger partial charge in [0.15, 0.2) is 0 Å². The number of anilines is 2. The highest BCUT2D eigenvalue weighted by Gasteiger charge is 2.33. The molecule has 0 aliphatic carbocycles. The molecule has 2 atom stereocenters. The fraction of sp³-hybridized carbons (Fsp3) is 0.276. The van der Waals surface area contributed by atoms with Crippen LogP contribution >= 0.6 is 0 Å². The van der Waals surface area contributed by atoms with E-state index in [1.165, 1.54) is 25.5 Å². The first kappa shape index (κ1) is 25.1. The largest absolute Gasteiger partial charge is 0.399 e. The van der Waals surface area contributed by atoms with Gasteiger partial charge in [0.25, 0.3) is 0 Å². The summed E-state index contributed by atoms with van der Waals surface area (Å²) in [5, 5.41) is 8.20. The van der Waals surface area contributed by atoms with Gasteiger partial charge in [-0.15, -0.1) is 0 Å². The van der Waals surface area contributed by atoms with Crippen LogP contribution in [0.1, 0.15) is 12.0 Å². The Balaban J connectivity index is 1.53. The number of hydrogen-bond donors (Lipinski definition) is 2. The van der Waals surface area contributed by atoms with Crippen LogP contribution in [0.15, 0.2) is 60.0 Å². The molecule has 200 valence electrons. The highest BCUT2D eigenvalue weighted by molar-refractivity contribution is 6.02. The van der Waals surface area contributed by atoms with Crippen molar-refractivity contribution in [2.75, 3.05) is 44.0 Å². The fourth-order valence-corrected chi connectivity index (χ4v) is 5.50. The van der Waals surface area contributed by atoms with Gasteiger partial charge in [0.1, 0.15) is 18.7 Å². The topological polar surface area (TPSA) is 97.9 Å². The van der Waals surface area contributed by atoms with Gasteiger partial charge in [-0.2, -0.15) is 0 Å². The van der Waals surface area contributed by atoms with Crippen molar-refractivity contribution in [1.29, 1.82) is 0 Å². The number of fused-ring (bicyclic) bond motifs is 2. The molecule has 2 aromatic heterocycles. The van der Waals surface area contributed by atoms with E-state index in [9.17, 15) is 8.78 Å². The van der Waals surface area contributed by atoms with Crippen molar-refractivity contribution >= 4 is 28.5 Å². The number of pyridine rings is 2. The molecule has 0 amide bonds. The number of piperidine rings is 1. The van der Waals surface area contributed by atoms with Crippen molar-refractivity contribution in [2.45, 2.75) is 18.6 Å². The maximum absolute atomic E-state index is 14.3. The lowest BCUT2D eigenvalue weighted by molar-refractivity contribution is -0.00896. The zero-order chi connectivity index (χ0) is 26.9. The van der Waals surface area contributed by atoms with Crippen LogP contribution in [0, 0.1) is 11.6 Å². The molecule has 6 rings (SSSR count). The molecule has 2 aliphatic rings. The van der Waals surface area contributed by atoms with Gasteiger partial charge in [0, 0.05) is 66.2 Å². The highest BCUT2D eigenvalue weighted by atomic mass is 19.1. The number of halogens is 2. The molecular formula is C29H28F2N6O2. The number of nitrogens with zero attached hydrogens (tertiary/aromatic N) is 4. The molecule has 0 radical (unpaired) electrons. The first-order valence-electron chi connectivity index (χ1n) is 12.8. The Morgan fingerprint density at radius 1 is 1.13 bits per heavy atom. The molecule has 0 saturated carbocycles. The van der Waals surface area contributed by atoms with Crippen LogP contribution in [0.4, 0.5) is 20.2 Å². The van der Waals surface area contributed by atoms with Gasteiger partial charge in [-0.25, -0.2) is 8.78 Å². The summed E-state index contributed by atoms with van der Waals surface area (Å²) in [4.78, 5) is 16.2. The Morgan fingerprint density at radius 2 is 1.97 bits per heavy atom. The van der Waals surface area contributed by atoms with Crippen LogP contribution in [0.3, 0.4) is 0 Å². The van der Waals surface area contributed by atoms with Crippen LogP contribution in [0.2, 0.25) is 0 Å². The molecule has 2 fully saturated rings. The van der Waals surface area contributed by atoms with Crippen molar-refractivity contribution in [2.24, 2.45) is 5.16 Å². The number of ether oxygens (including phenoxy) is 1. The zero-order valence-electron chi connectivity index (χ0n) is 21.4. The van der Waals surface area contributed by atoms with Gasteiger partial charge in [0.05, 0.1) is 41.5 Å². The second kappa shape index (κ2) is 10.5. The lowest BCUT2D eigenvalue weighted by Crippen LogP contribution is -2.57. The number of morpholine rings is 1. The zero-order valence-corrected chi connectivity index (χ0v) is 21.4. The Bertz CT molecular complexity index is 1540. The lowest BCUT2D eigenvalue weighted by Gasteiger charge is -2.43. The highest BCUT2D eigenvalue weighted by Crippen LogP contribution is 2.40. The monoisotopic (exact) mass is 530 g/mol. The Labute approximate surface area is 224 Å². The Kier molecular flexibility index (Phi) is 6.80. The quantitative estimate of drug-likeness (QED) is 0.292. The lowest BCUT2D eigenvalue weighted by atomic mass is 9.95. The molecule has 0 unspecified atom stereocenters. The third kappa shape index (κ3) is 4.88. The normalized spacial score (nSPS) is 19.4. The van der Waals surface area contributed by atoms with E-state index in [4.69, 9.17) is 15.3 Å². The average molecular weight is 531 g/mol. The van der Waals surface area contributed by atoms with Crippen molar-refractivity contribution in [3.8, 4) is 22.4 Å². The minimum absolute atomic E-state index is 0.00468. The third-order valence-corrected chi connectivity index (χ3v) is 7.32. The minimum Gasteiger partial charge on any atom is -0.399 e. The first-order valence-corrected chi connectivity index (χ1v) is 12.8. The Morgan fingerprint density at radius 3 is 2.79 bits per heavy atom. The molecule has 3 N–H and O–H groups in total. The van der Waals surface area contributed by atoms with E-state index in [1.54, 1.807) is 18.5 Å². The molecule has 10 heteroatoms. The second-order valence-corrected chi connectivity index (χ2v) is 9.69. The number of nitrogens with two attached hydrogens (primary N) is 1. The SMILES string of the molecule is CO/N=C/c1ccnc(-c2ccc3ncc(-c4cc(F)cc(F)c4)c(N4CC[C@H]5NCCO[C@@H]5C4)c3c2)c1N. The van der Waals surface area contributed by atoms with Gasteiger partial charge in [-0.1, -0.05) is 11.2 Å². The van der Waals surface area contributed by atoms with Crippen LogP contribution in [0.25, 0.3) is 33.3 Å². The van der Waals surface area contributed by atoms with Crippen LogP contribution in [-0.4, -0.2) is 61.7 Å². The first-order chi connectivity index (χ1) is 19.0. The third-order valence-electron chi connectivity index (χ3n) is 7.32. The fourth-order valence-electron chi connectivity index (χ4n) is 5.50. The van der Waals surface area contributed by atoms with Crippen molar-refractivity contribution in [1.82, 2.24) is 15.3 Å². The standard InChI is InChI=1S/C29H28F2N6O2/c1-38-36-14-18-4-6-34-28(27(18)32)17-2-3-24-22(12-17)29(37-8-5-25-26(16-37)39-9-7-33-25)23(15-35-24)19-10-20(30)13-21(31)11-19/h2-4,6,10-15,25-26,33H,5,7-9,16,32H2,1H3/b36-14+/t25-,26-/m1/s1. The number of rotatable bonds is 5. The number of hydrogen-bond acceptors (Lipinski definition) is 8. The molecule has 2 saturated heterocycles. The summed E-state index contributed by atoms with van der Waals surface area (Å²) in [6.07, 6.45) is 5.76. The van der Waals surface area contributed by atoms with Crippen LogP contribution in [-0.2, 0) is 9.57 Å². The van der Waals surface area contributed by atoms with E-state index in [1.807, 2.05) is 18.2 Å². The number of nitrogens with one attached hydrogen (secondary N) is 1. The van der Waals surface area contributed by atoms with E-state index in [2.05, 4.69) is 25.3 Å². The molecule has 8 nitrogen and oxygen atoms in total. The maximum Gasteiger partial charge on any atom is 0.126 e. The van der Waals surface area contributed by atoms with E-state index in [-0.39, 0.29) is 12.1 Å². The number of oxime groups is 1. The molecule has 39 heavy (non-hydrogen) atoms. The molecule has 2 aliphatic heterocycles.